The van der Waals surface area contributed by atoms with Crippen molar-refractivity contribution in [3.63, 3.8) is 0 Å². The number of carbonyl (C=O) groups excluding carboxylic acids is 1. The Morgan fingerprint density at radius 1 is 1.22 bits per heavy atom. The third kappa shape index (κ3) is 4.85. The first-order valence-electron chi connectivity index (χ1n) is 6.46. The minimum atomic E-state index is -0.0388. The topological polar surface area (TPSA) is 75.4 Å². The van der Waals surface area contributed by atoms with Crippen LogP contribution in [0.3, 0.4) is 0 Å². The Balaban J connectivity index is 2.45. The lowest BCUT2D eigenvalue weighted by Crippen LogP contribution is -2.26. The van der Waals surface area contributed by atoms with Gasteiger partial charge in [0.05, 0.1) is 0 Å². The molecule has 0 aromatic heterocycles. The predicted octanol–water partition coefficient (Wildman–Crippen LogP) is 1.08. The summed E-state index contributed by atoms with van der Waals surface area (Å²) in [5.74, 6) is -0.0388. The third-order valence-corrected chi connectivity index (χ3v) is 2.80. The minimum Gasteiger partial charge on any atom is -0.396 e. The number of hydrogen-bond acceptors (Lipinski definition) is 3. The second-order valence-electron chi connectivity index (χ2n) is 4.24. The van der Waals surface area contributed by atoms with Gasteiger partial charge in [-0.15, -0.1) is 0 Å². The van der Waals surface area contributed by atoms with E-state index < -0.39 is 0 Å². The normalized spacial score (nSPS) is 10.3. The van der Waals surface area contributed by atoms with Crippen LogP contribution in [-0.2, 0) is 6.42 Å². The zero-order valence-electron chi connectivity index (χ0n) is 10.7. The van der Waals surface area contributed by atoms with E-state index in [0.29, 0.717) is 25.1 Å². The van der Waals surface area contributed by atoms with Crippen LogP contribution < -0.4 is 11.1 Å². The number of rotatable bonds is 8. The molecule has 1 amide bonds. The van der Waals surface area contributed by atoms with E-state index in [0.717, 1.165) is 24.8 Å². The molecule has 100 valence electrons. The molecule has 1 aromatic rings. The average molecular weight is 250 g/mol. The lowest BCUT2D eigenvalue weighted by molar-refractivity contribution is 0.0952. The summed E-state index contributed by atoms with van der Waals surface area (Å²) in [7, 11) is 0. The molecule has 0 aliphatic rings. The summed E-state index contributed by atoms with van der Waals surface area (Å²) < 4.78 is 0. The van der Waals surface area contributed by atoms with Gasteiger partial charge in [0.25, 0.3) is 5.91 Å². The minimum absolute atomic E-state index is 0.0388. The lowest BCUT2D eigenvalue weighted by atomic mass is 10.0. The van der Waals surface area contributed by atoms with E-state index in [-0.39, 0.29) is 12.5 Å². The van der Waals surface area contributed by atoms with Crippen molar-refractivity contribution < 1.29 is 9.90 Å². The van der Waals surface area contributed by atoms with Gasteiger partial charge < -0.3 is 16.2 Å². The Morgan fingerprint density at radius 3 is 2.72 bits per heavy atom. The standard InChI is InChI=1S/C14H22N2O2/c15-9-8-12-6-2-3-7-13(12)14(18)16-10-4-1-5-11-17/h2-3,6-7,17H,1,4-5,8-11,15H2,(H,16,18). The van der Waals surface area contributed by atoms with Crippen molar-refractivity contribution in [2.45, 2.75) is 25.7 Å². The Morgan fingerprint density at radius 2 is 2.00 bits per heavy atom. The molecule has 1 aromatic carbocycles. The Hall–Kier alpha value is -1.39. The zero-order valence-corrected chi connectivity index (χ0v) is 10.7. The van der Waals surface area contributed by atoms with Crippen molar-refractivity contribution in [3.05, 3.63) is 35.4 Å². The van der Waals surface area contributed by atoms with E-state index in [4.69, 9.17) is 10.8 Å². The van der Waals surface area contributed by atoms with Gasteiger partial charge in [-0.2, -0.15) is 0 Å². The molecule has 18 heavy (non-hydrogen) atoms. The van der Waals surface area contributed by atoms with Crippen LogP contribution in [-0.4, -0.2) is 30.7 Å². The molecule has 4 nitrogen and oxygen atoms in total. The van der Waals surface area contributed by atoms with Crippen molar-refractivity contribution in [1.82, 2.24) is 5.32 Å². The first kappa shape index (κ1) is 14.7. The monoisotopic (exact) mass is 250 g/mol. The second-order valence-corrected chi connectivity index (χ2v) is 4.24. The molecule has 4 heteroatoms. The molecule has 0 aliphatic carbocycles. The van der Waals surface area contributed by atoms with Crippen molar-refractivity contribution in [2.24, 2.45) is 5.73 Å². The lowest BCUT2D eigenvalue weighted by Gasteiger charge is -2.09. The fraction of sp³-hybridized carbons (Fsp3) is 0.500. The molecule has 0 spiro atoms. The van der Waals surface area contributed by atoms with Crippen LogP contribution in [0.15, 0.2) is 24.3 Å². The highest BCUT2D eigenvalue weighted by Gasteiger charge is 2.09. The van der Waals surface area contributed by atoms with Crippen LogP contribution >= 0.6 is 0 Å². The summed E-state index contributed by atoms with van der Waals surface area (Å²) >= 11 is 0. The number of nitrogens with two attached hydrogens (primary N) is 1. The van der Waals surface area contributed by atoms with Gasteiger partial charge in [0, 0.05) is 18.7 Å². The number of benzene rings is 1. The largest absolute Gasteiger partial charge is 0.396 e. The predicted molar refractivity (Wildman–Crippen MR) is 72.5 cm³/mol. The molecule has 0 radical (unpaired) electrons. The van der Waals surface area contributed by atoms with Crippen LogP contribution in [0, 0.1) is 0 Å². The molecule has 0 atom stereocenters. The van der Waals surface area contributed by atoms with E-state index in [2.05, 4.69) is 5.32 Å². The van der Waals surface area contributed by atoms with E-state index in [1.54, 1.807) is 0 Å². The number of amides is 1. The Kier molecular flexibility index (Phi) is 7.06. The van der Waals surface area contributed by atoms with E-state index in [1.807, 2.05) is 24.3 Å². The van der Waals surface area contributed by atoms with Gasteiger partial charge in [0.1, 0.15) is 0 Å². The summed E-state index contributed by atoms with van der Waals surface area (Å²) in [5.41, 5.74) is 7.24. The second kappa shape index (κ2) is 8.66. The number of nitrogens with one attached hydrogen (secondary N) is 1. The van der Waals surface area contributed by atoms with E-state index in [9.17, 15) is 4.79 Å². The third-order valence-electron chi connectivity index (χ3n) is 2.80. The highest BCUT2D eigenvalue weighted by atomic mass is 16.2. The number of hydrogen-bond donors (Lipinski definition) is 3. The zero-order chi connectivity index (χ0) is 13.2. The molecule has 0 bridgehead atoms. The van der Waals surface area contributed by atoms with Gasteiger partial charge >= 0.3 is 0 Å². The Labute approximate surface area is 108 Å². The fourth-order valence-electron chi connectivity index (χ4n) is 1.83. The molecule has 0 aliphatic heterocycles. The maximum Gasteiger partial charge on any atom is 0.251 e. The van der Waals surface area contributed by atoms with Gasteiger partial charge in [-0.05, 0) is 43.9 Å². The van der Waals surface area contributed by atoms with Gasteiger partial charge in [-0.1, -0.05) is 18.2 Å². The van der Waals surface area contributed by atoms with Gasteiger partial charge in [0.2, 0.25) is 0 Å². The van der Waals surface area contributed by atoms with Crippen LogP contribution in [0.5, 0.6) is 0 Å². The molecule has 0 saturated heterocycles. The van der Waals surface area contributed by atoms with E-state index in [1.165, 1.54) is 0 Å². The number of aliphatic hydroxyl groups is 1. The highest BCUT2D eigenvalue weighted by Crippen LogP contribution is 2.09. The molecule has 0 heterocycles. The molecule has 4 N–H and O–H groups in total. The summed E-state index contributed by atoms with van der Waals surface area (Å²) in [4.78, 5) is 12.0. The van der Waals surface area contributed by atoms with Gasteiger partial charge in [-0.3, -0.25) is 4.79 Å². The summed E-state index contributed by atoms with van der Waals surface area (Å²) in [6, 6.07) is 7.55. The van der Waals surface area contributed by atoms with Crippen molar-refractivity contribution in [3.8, 4) is 0 Å². The SMILES string of the molecule is NCCc1ccccc1C(=O)NCCCCCO. The van der Waals surface area contributed by atoms with E-state index >= 15 is 0 Å². The molecule has 0 unspecified atom stereocenters. The maximum absolute atomic E-state index is 12.0. The fourth-order valence-corrected chi connectivity index (χ4v) is 1.83. The first-order chi connectivity index (χ1) is 8.79. The van der Waals surface area contributed by atoms with Gasteiger partial charge in [0.15, 0.2) is 0 Å². The number of aliphatic hydroxyl groups excluding tert-OH is 1. The van der Waals surface area contributed by atoms with Crippen molar-refractivity contribution in [2.75, 3.05) is 19.7 Å². The average Bonchev–Trinajstić information content (AvgIpc) is 2.39. The number of unbranched alkanes of at least 4 members (excludes halogenated alkanes) is 2. The van der Waals surface area contributed by atoms with Crippen LogP contribution in [0.25, 0.3) is 0 Å². The maximum atomic E-state index is 12.0. The smallest absolute Gasteiger partial charge is 0.251 e. The van der Waals surface area contributed by atoms with Crippen LogP contribution in [0.4, 0.5) is 0 Å². The van der Waals surface area contributed by atoms with Crippen molar-refractivity contribution in [1.29, 1.82) is 0 Å². The Bertz CT molecular complexity index is 367. The highest BCUT2D eigenvalue weighted by molar-refractivity contribution is 5.95. The molecule has 0 saturated carbocycles. The number of carbonyl (C=O) groups is 1. The summed E-state index contributed by atoms with van der Waals surface area (Å²) in [5, 5.41) is 11.5. The summed E-state index contributed by atoms with van der Waals surface area (Å²) in [6.45, 7) is 1.41. The molecule has 0 fully saturated rings. The molecule has 1 rings (SSSR count). The van der Waals surface area contributed by atoms with Crippen LogP contribution in [0.1, 0.15) is 35.2 Å². The quantitative estimate of drug-likeness (QED) is 0.604. The van der Waals surface area contributed by atoms with Gasteiger partial charge in [-0.25, -0.2) is 0 Å². The first-order valence-corrected chi connectivity index (χ1v) is 6.46. The summed E-state index contributed by atoms with van der Waals surface area (Å²) in [6.07, 6.45) is 3.33. The van der Waals surface area contributed by atoms with Crippen LogP contribution in [0.2, 0.25) is 0 Å². The van der Waals surface area contributed by atoms with Crippen molar-refractivity contribution >= 4 is 5.91 Å². The molecular weight excluding hydrogens is 228 g/mol. The molecular formula is C14H22N2O2.